The lowest BCUT2D eigenvalue weighted by atomic mass is 10.0. The lowest BCUT2D eigenvalue weighted by Crippen LogP contribution is -1.91. The number of halogens is 1. The summed E-state index contributed by atoms with van der Waals surface area (Å²) in [5.41, 5.74) is 3.23. The third kappa shape index (κ3) is 1.65. The van der Waals surface area contributed by atoms with Crippen LogP contribution < -0.4 is 0 Å². The van der Waals surface area contributed by atoms with Gasteiger partial charge < -0.3 is 0 Å². The molecule has 0 unspecified atom stereocenters. The average molecular weight is 204 g/mol. The first-order chi connectivity index (χ1) is 7.09. The van der Waals surface area contributed by atoms with E-state index in [1.165, 1.54) is 0 Å². The minimum atomic E-state index is -0.128. The highest BCUT2D eigenvalue weighted by atomic mass is 19.1. The molecule has 0 spiro atoms. The molecule has 0 bridgehead atoms. The number of nitrogens with zero attached hydrogens (tertiary/aromatic N) is 2. The smallest absolute Gasteiger partial charge is 0.129 e. The molecule has 0 radical (unpaired) electrons. The Morgan fingerprint density at radius 1 is 1.27 bits per heavy atom. The Balaban J connectivity index is 2.59. The zero-order valence-electron chi connectivity index (χ0n) is 9.08. The van der Waals surface area contributed by atoms with Crippen LogP contribution in [-0.4, -0.2) is 9.78 Å². The molecular formula is C12H13FN2. The molecule has 2 rings (SSSR count). The summed E-state index contributed by atoms with van der Waals surface area (Å²) in [7, 11) is 1.85. The molecule has 78 valence electrons. The number of hydrogen-bond donors (Lipinski definition) is 0. The summed E-state index contributed by atoms with van der Waals surface area (Å²) in [5, 5.41) is 4.08. The topological polar surface area (TPSA) is 17.8 Å². The van der Waals surface area contributed by atoms with Crippen LogP contribution in [0.15, 0.2) is 24.5 Å². The van der Waals surface area contributed by atoms with Crippen molar-refractivity contribution < 1.29 is 4.39 Å². The summed E-state index contributed by atoms with van der Waals surface area (Å²) in [6, 6.07) is 3.73. The molecule has 0 saturated carbocycles. The SMILES string of the molecule is Cc1ccc(-c2cnn(C)c2)c(C)c1F. The van der Waals surface area contributed by atoms with Crippen LogP contribution in [0.4, 0.5) is 4.39 Å². The van der Waals surface area contributed by atoms with Gasteiger partial charge in [0.15, 0.2) is 0 Å². The van der Waals surface area contributed by atoms with Crippen molar-refractivity contribution in [1.29, 1.82) is 0 Å². The van der Waals surface area contributed by atoms with E-state index in [-0.39, 0.29) is 5.82 Å². The van der Waals surface area contributed by atoms with Crippen LogP contribution in [-0.2, 0) is 7.05 Å². The second kappa shape index (κ2) is 3.50. The molecule has 0 aliphatic carbocycles. The van der Waals surface area contributed by atoms with Crippen LogP contribution in [0.5, 0.6) is 0 Å². The minimum Gasteiger partial charge on any atom is -0.275 e. The molecule has 1 aromatic carbocycles. The molecule has 3 heteroatoms. The highest BCUT2D eigenvalue weighted by Crippen LogP contribution is 2.26. The number of aryl methyl sites for hydroxylation is 2. The molecule has 1 heterocycles. The van der Waals surface area contributed by atoms with Gasteiger partial charge in [0.05, 0.1) is 6.20 Å². The van der Waals surface area contributed by atoms with Crippen LogP contribution in [0, 0.1) is 19.7 Å². The van der Waals surface area contributed by atoms with Crippen LogP contribution in [0.3, 0.4) is 0 Å². The summed E-state index contributed by atoms with van der Waals surface area (Å²) in [6.45, 7) is 3.57. The second-order valence-corrected chi connectivity index (χ2v) is 3.77. The largest absolute Gasteiger partial charge is 0.275 e. The highest BCUT2D eigenvalue weighted by molar-refractivity contribution is 5.66. The summed E-state index contributed by atoms with van der Waals surface area (Å²) in [5.74, 6) is -0.128. The summed E-state index contributed by atoms with van der Waals surface area (Å²) < 4.78 is 15.4. The molecule has 1 aromatic heterocycles. The molecule has 2 aromatic rings. The maximum atomic E-state index is 13.7. The van der Waals surface area contributed by atoms with Gasteiger partial charge in [-0.1, -0.05) is 12.1 Å². The quantitative estimate of drug-likeness (QED) is 0.698. The van der Waals surface area contributed by atoms with E-state index in [1.807, 2.05) is 19.3 Å². The van der Waals surface area contributed by atoms with Gasteiger partial charge in [-0.05, 0) is 30.5 Å². The second-order valence-electron chi connectivity index (χ2n) is 3.77. The molecule has 0 atom stereocenters. The predicted octanol–water partition coefficient (Wildman–Crippen LogP) is 2.84. The molecule has 15 heavy (non-hydrogen) atoms. The van der Waals surface area contributed by atoms with Crippen LogP contribution in [0.2, 0.25) is 0 Å². The van der Waals surface area contributed by atoms with Crippen molar-refractivity contribution in [3.05, 3.63) is 41.5 Å². The highest BCUT2D eigenvalue weighted by Gasteiger charge is 2.09. The van der Waals surface area contributed by atoms with E-state index in [2.05, 4.69) is 5.10 Å². The van der Waals surface area contributed by atoms with Crippen molar-refractivity contribution in [1.82, 2.24) is 9.78 Å². The fraction of sp³-hybridized carbons (Fsp3) is 0.250. The fourth-order valence-electron chi connectivity index (χ4n) is 1.69. The first-order valence-corrected chi connectivity index (χ1v) is 4.84. The molecule has 0 saturated heterocycles. The molecule has 0 amide bonds. The van der Waals surface area contributed by atoms with E-state index in [4.69, 9.17) is 0 Å². The van der Waals surface area contributed by atoms with E-state index in [0.717, 1.165) is 11.1 Å². The molecule has 0 N–H and O–H groups in total. The Bertz CT molecular complexity index is 500. The van der Waals surface area contributed by atoms with Crippen molar-refractivity contribution in [2.24, 2.45) is 7.05 Å². The van der Waals surface area contributed by atoms with E-state index in [1.54, 1.807) is 30.8 Å². The van der Waals surface area contributed by atoms with Crippen molar-refractivity contribution in [2.45, 2.75) is 13.8 Å². The first kappa shape index (κ1) is 9.90. The number of aromatic nitrogens is 2. The van der Waals surface area contributed by atoms with Gasteiger partial charge in [0.2, 0.25) is 0 Å². The molecule has 2 nitrogen and oxygen atoms in total. The number of hydrogen-bond acceptors (Lipinski definition) is 1. The molecule has 0 fully saturated rings. The Hall–Kier alpha value is -1.64. The first-order valence-electron chi connectivity index (χ1n) is 4.84. The van der Waals surface area contributed by atoms with Gasteiger partial charge in [0.25, 0.3) is 0 Å². The van der Waals surface area contributed by atoms with Gasteiger partial charge in [-0.25, -0.2) is 4.39 Å². The molecular weight excluding hydrogens is 191 g/mol. The van der Waals surface area contributed by atoms with Gasteiger partial charge in [0, 0.05) is 18.8 Å². The predicted molar refractivity (Wildman–Crippen MR) is 58.1 cm³/mol. The van der Waals surface area contributed by atoms with Crippen molar-refractivity contribution >= 4 is 0 Å². The van der Waals surface area contributed by atoms with E-state index >= 15 is 0 Å². The Morgan fingerprint density at radius 3 is 2.60 bits per heavy atom. The zero-order chi connectivity index (χ0) is 11.0. The van der Waals surface area contributed by atoms with E-state index in [9.17, 15) is 4.39 Å². The molecule has 0 aliphatic rings. The number of benzene rings is 1. The van der Waals surface area contributed by atoms with Gasteiger partial charge in [0.1, 0.15) is 5.82 Å². The standard InChI is InChI=1S/C12H13FN2/c1-8-4-5-11(9(2)12(8)13)10-6-14-15(3)7-10/h4-7H,1-3H3. The van der Waals surface area contributed by atoms with Crippen LogP contribution in [0.25, 0.3) is 11.1 Å². The van der Waals surface area contributed by atoms with Gasteiger partial charge in [-0.2, -0.15) is 5.10 Å². The number of rotatable bonds is 1. The zero-order valence-corrected chi connectivity index (χ0v) is 9.08. The third-order valence-electron chi connectivity index (χ3n) is 2.60. The maximum absolute atomic E-state index is 13.7. The van der Waals surface area contributed by atoms with Crippen molar-refractivity contribution in [3.63, 3.8) is 0 Å². The lowest BCUT2D eigenvalue weighted by molar-refractivity contribution is 0.610. The summed E-state index contributed by atoms with van der Waals surface area (Å²) in [4.78, 5) is 0. The van der Waals surface area contributed by atoms with Crippen LogP contribution in [0.1, 0.15) is 11.1 Å². The monoisotopic (exact) mass is 204 g/mol. The Morgan fingerprint density at radius 2 is 2.00 bits per heavy atom. The molecule has 0 aliphatic heterocycles. The Labute approximate surface area is 88.4 Å². The fourth-order valence-corrected chi connectivity index (χ4v) is 1.69. The van der Waals surface area contributed by atoms with Crippen molar-refractivity contribution in [2.75, 3.05) is 0 Å². The summed E-state index contributed by atoms with van der Waals surface area (Å²) >= 11 is 0. The minimum absolute atomic E-state index is 0.128. The summed E-state index contributed by atoms with van der Waals surface area (Å²) in [6.07, 6.45) is 3.63. The van der Waals surface area contributed by atoms with E-state index < -0.39 is 0 Å². The van der Waals surface area contributed by atoms with Gasteiger partial charge >= 0.3 is 0 Å². The Kier molecular flexibility index (Phi) is 2.31. The normalized spacial score (nSPS) is 10.7. The van der Waals surface area contributed by atoms with Gasteiger partial charge in [-0.3, -0.25) is 4.68 Å². The van der Waals surface area contributed by atoms with Gasteiger partial charge in [-0.15, -0.1) is 0 Å². The average Bonchev–Trinajstić information content (AvgIpc) is 2.61. The van der Waals surface area contributed by atoms with Crippen molar-refractivity contribution in [3.8, 4) is 11.1 Å². The lowest BCUT2D eigenvalue weighted by Gasteiger charge is -2.06. The third-order valence-corrected chi connectivity index (χ3v) is 2.60. The van der Waals surface area contributed by atoms with Crippen LogP contribution >= 0.6 is 0 Å². The maximum Gasteiger partial charge on any atom is 0.129 e. The van der Waals surface area contributed by atoms with E-state index in [0.29, 0.717) is 11.1 Å².